The standard InChI is InChI=1S/C15H26N2O2/c1-2-3-8-17-9-6-14(7-10-17)16-15(18)13-5-4-11-19-12-13/h2,13-14H,1,3-12H2,(H,16,18)/t13-/m1/s1. The van der Waals surface area contributed by atoms with Gasteiger partial charge in [0.05, 0.1) is 12.5 Å². The van der Waals surface area contributed by atoms with Crippen LogP contribution in [0.4, 0.5) is 0 Å². The van der Waals surface area contributed by atoms with Crippen LogP contribution in [-0.2, 0) is 9.53 Å². The lowest BCUT2D eigenvalue weighted by molar-refractivity contribution is -0.130. The van der Waals surface area contributed by atoms with E-state index in [0.29, 0.717) is 12.6 Å². The average Bonchev–Trinajstić information content (AvgIpc) is 2.47. The molecule has 4 heteroatoms. The topological polar surface area (TPSA) is 41.6 Å². The molecule has 1 amide bonds. The lowest BCUT2D eigenvalue weighted by Crippen LogP contribution is -2.47. The van der Waals surface area contributed by atoms with Gasteiger partial charge >= 0.3 is 0 Å². The predicted molar refractivity (Wildman–Crippen MR) is 76.0 cm³/mol. The molecule has 2 heterocycles. The average molecular weight is 266 g/mol. The Balaban J connectivity index is 1.67. The third kappa shape index (κ3) is 4.62. The van der Waals surface area contributed by atoms with Crippen molar-refractivity contribution >= 4 is 5.91 Å². The van der Waals surface area contributed by atoms with Gasteiger partial charge in [0.1, 0.15) is 0 Å². The van der Waals surface area contributed by atoms with Crippen molar-refractivity contribution in [2.24, 2.45) is 5.92 Å². The maximum Gasteiger partial charge on any atom is 0.225 e. The third-order valence-corrected chi connectivity index (χ3v) is 4.11. The summed E-state index contributed by atoms with van der Waals surface area (Å²) in [6.45, 7) is 8.43. The van der Waals surface area contributed by atoms with E-state index in [9.17, 15) is 4.79 Å². The van der Waals surface area contributed by atoms with Crippen molar-refractivity contribution in [2.45, 2.75) is 38.1 Å². The van der Waals surface area contributed by atoms with E-state index >= 15 is 0 Å². The van der Waals surface area contributed by atoms with Crippen LogP contribution in [0, 0.1) is 5.92 Å². The number of hydrogen-bond donors (Lipinski definition) is 1. The Morgan fingerprint density at radius 1 is 1.37 bits per heavy atom. The van der Waals surface area contributed by atoms with E-state index in [1.165, 1.54) is 0 Å². The van der Waals surface area contributed by atoms with Crippen LogP contribution in [0.1, 0.15) is 32.1 Å². The van der Waals surface area contributed by atoms with E-state index in [1.54, 1.807) is 0 Å². The SMILES string of the molecule is C=CCCN1CCC(NC(=O)[C@@H]2CCCOC2)CC1. The Bertz CT molecular complexity index is 293. The van der Waals surface area contributed by atoms with Gasteiger partial charge in [0.15, 0.2) is 0 Å². The predicted octanol–water partition coefficient (Wildman–Crippen LogP) is 1.57. The number of piperidine rings is 1. The van der Waals surface area contributed by atoms with Crippen LogP contribution >= 0.6 is 0 Å². The van der Waals surface area contributed by atoms with Crippen molar-refractivity contribution < 1.29 is 9.53 Å². The van der Waals surface area contributed by atoms with Gasteiger partial charge in [-0.2, -0.15) is 0 Å². The minimum Gasteiger partial charge on any atom is -0.381 e. The van der Waals surface area contributed by atoms with Crippen molar-refractivity contribution in [1.82, 2.24) is 10.2 Å². The largest absolute Gasteiger partial charge is 0.381 e. The van der Waals surface area contributed by atoms with Gasteiger partial charge in [-0.05, 0) is 32.1 Å². The first-order chi connectivity index (χ1) is 9.29. The molecule has 0 aromatic rings. The molecule has 0 aliphatic carbocycles. The summed E-state index contributed by atoms with van der Waals surface area (Å²) >= 11 is 0. The molecule has 2 rings (SSSR count). The van der Waals surface area contributed by atoms with Gasteiger partial charge in [0, 0.05) is 32.3 Å². The number of carbonyl (C=O) groups is 1. The van der Waals surface area contributed by atoms with Crippen LogP contribution in [0.25, 0.3) is 0 Å². The van der Waals surface area contributed by atoms with E-state index in [1.807, 2.05) is 6.08 Å². The van der Waals surface area contributed by atoms with Crippen molar-refractivity contribution in [3.05, 3.63) is 12.7 Å². The number of hydrogen-bond acceptors (Lipinski definition) is 3. The first-order valence-corrected chi connectivity index (χ1v) is 7.51. The van der Waals surface area contributed by atoms with Crippen molar-refractivity contribution in [3.63, 3.8) is 0 Å². The highest BCUT2D eigenvalue weighted by Gasteiger charge is 2.25. The molecule has 2 saturated heterocycles. The van der Waals surface area contributed by atoms with Crippen LogP contribution in [0.3, 0.4) is 0 Å². The number of amides is 1. The molecule has 19 heavy (non-hydrogen) atoms. The second-order valence-corrected chi connectivity index (χ2v) is 5.62. The summed E-state index contributed by atoms with van der Waals surface area (Å²) in [5.74, 6) is 0.275. The van der Waals surface area contributed by atoms with Crippen LogP contribution in [0.5, 0.6) is 0 Å². The number of nitrogens with zero attached hydrogens (tertiary/aromatic N) is 1. The normalized spacial score (nSPS) is 26.0. The van der Waals surface area contributed by atoms with Crippen LogP contribution in [-0.4, -0.2) is 49.7 Å². The molecule has 1 N–H and O–H groups in total. The molecule has 2 fully saturated rings. The van der Waals surface area contributed by atoms with Crippen LogP contribution in [0.15, 0.2) is 12.7 Å². The summed E-state index contributed by atoms with van der Waals surface area (Å²) in [6, 6.07) is 0.356. The lowest BCUT2D eigenvalue weighted by Gasteiger charge is -2.33. The van der Waals surface area contributed by atoms with Gasteiger partial charge < -0.3 is 15.0 Å². The molecule has 0 radical (unpaired) electrons. The maximum atomic E-state index is 12.1. The third-order valence-electron chi connectivity index (χ3n) is 4.11. The highest BCUT2D eigenvalue weighted by molar-refractivity contribution is 5.79. The lowest BCUT2D eigenvalue weighted by atomic mass is 9.99. The molecular formula is C15H26N2O2. The van der Waals surface area contributed by atoms with E-state index in [2.05, 4.69) is 16.8 Å². The number of carbonyl (C=O) groups excluding carboxylic acids is 1. The zero-order chi connectivity index (χ0) is 13.5. The summed E-state index contributed by atoms with van der Waals surface area (Å²) in [5.41, 5.74) is 0. The summed E-state index contributed by atoms with van der Waals surface area (Å²) in [5, 5.41) is 3.20. The van der Waals surface area contributed by atoms with Gasteiger partial charge in [-0.1, -0.05) is 6.08 Å². The summed E-state index contributed by atoms with van der Waals surface area (Å²) in [4.78, 5) is 14.6. The first kappa shape index (κ1) is 14.5. The number of rotatable bonds is 5. The molecule has 0 spiro atoms. The van der Waals surface area contributed by atoms with Gasteiger partial charge in [-0.3, -0.25) is 4.79 Å². The fraction of sp³-hybridized carbons (Fsp3) is 0.800. The number of nitrogens with one attached hydrogen (secondary N) is 1. The molecule has 1 atom stereocenters. The molecule has 0 aromatic carbocycles. The first-order valence-electron chi connectivity index (χ1n) is 7.51. The molecule has 0 aromatic heterocycles. The molecule has 2 aliphatic rings. The Labute approximate surface area is 116 Å². The Hall–Kier alpha value is -0.870. The van der Waals surface area contributed by atoms with Gasteiger partial charge in [-0.25, -0.2) is 0 Å². The molecule has 4 nitrogen and oxygen atoms in total. The van der Waals surface area contributed by atoms with Gasteiger partial charge in [-0.15, -0.1) is 6.58 Å². The fourth-order valence-corrected chi connectivity index (χ4v) is 2.84. The smallest absolute Gasteiger partial charge is 0.225 e. The maximum absolute atomic E-state index is 12.1. The highest BCUT2D eigenvalue weighted by Crippen LogP contribution is 2.16. The minimum absolute atomic E-state index is 0.0764. The van der Waals surface area contributed by atoms with Crippen molar-refractivity contribution in [3.8, 4) is 0 Å². The Kier molecular flexibility index (Phi) is 5.86. The van der Waals surface area contributed by atoms with E-state index < -0.39 is 0 Å². The molecule has 0 saturated carbocycles. The Morgan fingerprint density at radius 3 is 2.79 bits per heavy atom. The summed E-state index contributed by atoms with van der Waals surface area (Å²) in [6.07, 6.45) is 7.14. The molecule has 108 valence electrons. The summed E-state index contributed by atoms with van der Waals surface area (Å²) < 4.78 is 5.38. The van der Waals surface area contributed by atoms with Crippen molar-refractivity contribution in [1.29, 1.82) is 0 Å². The molecule has 0 unspecified atom stereocenters. The monoisotopic (exact) mass is 266 g/mol. The van der Waals surface area contributed by atoms with Crippen LogP contribution in [0.2, 0.25) is 0 Å². The number of ether oxygens (including phenoxy) is 1. The zero-order valence-electron chi connectivity index (χ0n) is 11.8. The highest BCUT2D eigenvalue weighted by atomic mass is 16.5. The van der Waals surface area contributed by atoms with Gasteiger partial charge in [0.25, 0.3) is 0 Å². The quantitative estimate of drug-likeness (QED) is 0.768. The zero-order valence-corrected chi connectivity index (χ0v) is 11.8. The van der Waals surface area contributed by atoms with Crippen molar-refractivity contribution in [2.75, 3.05) is 32.8 Å². The molecule has 0 bridgehead atoms. The summed E-state index contributed by atoms with van der Waals surface area (Å²) in [7, 11) is 0. The molecular weight excluding hydrogens is 240 g/mol. The fourth-order valence-electron chi connectivity index (χ4n) is 2.84. The second-order valence-electron chi connectivity index (χ2n) is 5.62. The van der Waals surface area contributed by atoms with E-state index in [-0.39, 0.29) is 11.8 Å². The molecule has 2 aliphatic heterocycles. The number of likely N-dealkylation sites (tertiary alicyclic amines) is 1. The second kappa shape index (κ2) is 7.65. The van der Waals surface area contributed by atoms with Gasteiger partial charge in [0.2, 0.25) is 5.91 Å². The minimum atomic E-state index is 0.0764. The Morgan fingerprint density at radius 2 is 2.16 bits per heavy atom. The van der Waals surface area contributed by atoms with Crippen LogP contribution < -0.4 is 5.32 Å². The van der Waals surface area contributed by atoms with E-state index in [4.69, 9.17) is 4.74 Å². The van der Waals surface area contributed by atoms with E-state index in [0.717, 1.165) is 58.3 Å².